The van der Waals surface area contributed by atoms with Crippen LogP contribution in [0.25, 0.3) is 5.52 Å². The zero-order chi connectivity index (χ0) is 12.3. The van der Waals surface area contributed by atoms with E-state index in [1.165, 1.54) is 6.20 Å². The van der Waals surface area contributed by atoms with Crippen LogP contribution in [0.15, 0.2) is 24.5 Å². The molecule has 0 atom stereocenters. The Balaban J connectivity index is 2.42. The maximum atomic E-state index is 11.7. The van der Waals surface area contributed by atoms with Crippen LogP contribution in [0.1, 0.15) is 22.8 Å². The highest BCUT2D eigenvalue weighted by atomic mass is 16.5. The van der Waals surface area contributed by atoms with Gasteiger partial charge in [0.1, 0.15) is 5.56 Å². The molecule has 0 radical (unpaired) electrons. The molecule has 5 nitrogen and oxygen atoms in total. The molecule has 90 valence electrons. The number of hydrogen-bond acceptors (Lipinski definition) is 4. The Labute approximate surface area is 98.6 Å². The highest BCUT2D eigenvalue weighted by molar-refractivity contribution is 5.96. The van der Waals surface area contributed by atoms with E-state index in [2.05, 4.69) is 5.10 Å². The average molecular weight is 234 g/mol. The lowest BCUT2D eigenvalue weighted by atomic mass is 10.1. The molecule has 0 saturated heterocycles. The third-order valence-electron chi connectivity index (χ3n) is 2.48. The molecule has 1 N–H and O–H groups in total. The Bertz CT molecular complexity index is 534. The van der Waals surface area contributed by atoms with E-state index in [1.807, 2.05) is 12.1 Å². The number of aliphatic hydroxyl groups is 1. The molecule has 0 aliphatic heterocycles. The monoisotopic (exact) mass is 234 g/mol. The van der Waals surface area contributed by atoms with Crippen molar-refractivity contribution in [3.05, 3.63) is 35.7 Å². The number of aliphatic hydroxyl groups excluding tert-OH is 1. The highest BCUT2D eigenvalue weighted by Crippen LogP contribution is 2.14. The molecule has 0 spiro atoms. The minimum absolute atomic E-state index is 0.0824. The molecule has 0 fully saturated rings. The predicted octanol–water partition coefficient (Wildman–Crippen LogP) is 1.05. The van der Waals surface area contributed by atoms with Crippen LogP contribution in [0, 0.1) is 0 Å². The van der Waals surface area contributed by atoms with E-state index in [0.29, 0.717) is 24.1 Å². The largest absolute Gasteiger partial charge is 0.462 e. The number of pyridine rings is 1. The van der Waals surface area contributed by atoms with E-state index in [4.69, 9.17) is 9.84 Å². The average Bonchev–Trinajstić information content (AvgIpc) is 2.73. The summed E-state index contributed by atoms with van der Waals surface area (Å²) in [6, 6.07) is 3.71. The van der Waals surface area contributed by atoms with Crippen LogP contribution in [0.3, 0.4) is 0 Å². The predicted molar refractivity (Wildman–Crippen MR) is 61.9 cm³/mol. The number of ether oxygens (including phenoxy) is 1. The minimum atomic E-state index is -0.372. The number of aromatic nitrogens is 2. The van der Waals surface area contributed by atoms with Crippen LogP contribution < -0.4 is 0 Å². The number of hydrogen-bond donors (Lipinski definition) is 1. The van der Waals surface area contributed by atoms with Gasteiger partial charge in [-0.3, -0.25) is 0 Å². The van der Waals surface area contributed by atoms with E-state index in [-0.39, 0.29) is 12.6 Å². The molecule has 2 aromatic heterocycles. The summed E-state index contributed by atoms with van der Waals surface area (Å²) in [5.74, 6) is -0.372. The van der Waals surface area contributed by atoms with Gasteiger partial charge in [0.15, 0.2) is 0 Å². The first-order valence-corrected chi connectivity index (χ1v) is 5.50. The van der Waals surface area contributed by atoms with Crippen LogP contribution in [-0.2, 0) is 11.2 Å². The van der Waals surface area contributed by atoms with Crippen LogP contribution in [0.4, 0.5) is 0 Å². The Kier molecular flexibility index (Phi) is 3.39. The molecule has 0 bridgehead atoms. The SMILES string of the molecule is CCOC(=O)c1cnn2ccc(CCO)cc12. The van der Waals surface area contributed by atoms with Crippen molar-refractivity contribution in [1.29, 1.82) is 0 Å². The highest BCUT2D eigenvalue weighted by Gasteiger charge is 2.13. The zero-order valence-electron chi connectivity index (χ0n) is 9.59. The Morgan fingerprint density at radius 3 is 3.12 bits per heavy atom. The molecule has 0 aliphatic carbocycles. The first-order valence-electron chi connectivity index (χ1n) is 5.50. The number of nitrogens with zero attached hydrogens (tertiary/aromatic N) is 2. The molecule has 2 aromatic rings. The lowest BCUT2D eigenvalue weighted by Gasteiger charge is -2.02. The van der Waals surface area contributed by atoms with Gasteiger partial charge < -0.3 is 9.84 Å². The van der Waals surface area contributed by atoms with Crippen molar-refractivity contribution < 1.29 is 14.6 Å². The van der Waals surface area contributed by atoms with Gasteiger partial charge in [-0.05, 0) is 31.0 Å². The van der Waals surface area contributed by atoms with Crippen molar-refractivity contribution in [2.24, 2.45) is 0 Å². The molecule has 0 aromatic carbocycles. The summed E-state index contributed by atoms with van der Waals surface area (Å²) in [7, 11) is 0. The normalized spacial score (nSPS) is 10.7. The first-order chi connectivity index (χ1) is 8.26. The lowest BCUT2D eigenvalue weighted by Crippen LogP contribution is -2.04. The Morgan fingerprint density at radius 1 is 1.59 bits per heavy atom. The van der Waals surface area contributed by atoms with E-state index < -0.39 is 0 Å². The second kappa shape index (κ2) is 4.97. The van der Waals surface area contributed by atoms with E-state index in [1.54, 1.807) is 17.6 Å². The minimum Gasteiger partial charge on any atom is -0.462 e. The van der Waals surface area contributed by atoms with Gasteiger partial charge >= 0.3 is 5.97 Å². The quantitative estimate of drug-likeness (QED) is 0.803. The van der Waals surface area contributed by atoms with Crippen LogP contribution >= 0.6 is 0 Å². The molecular formula is C12H14N2O3. The second-order valence-corrected chi connectivity index (χ2v) is 3.62. The van der Waals surface area contributed by atoms with E-state index >= 15 is 0 Å². The van der Waals surface area contributed by atoms with Crippen molar-refractivity contribution in [2.45, 2.75) is 13.3 Å². The van der Waals surface area contributed by atoms with Crippen molar-refractivity contribution in [1.82, 2.24) is 9.61 Å². The fourth-order valence-electron chi connectivity index (χ4n) is 1.68. The van der Waals surface area contributed by atoms with Gasteiger partial charge in [0.05, 0.1) is 18.3 Å². The van der Waals surface area contributed by atoms with E-state index in [0.717, 1.165) is 5.56 Å². The summed E-state index contributed by atoms with van der Waals surface area (Å²) < 4.78 is 6.57. The summed E-state index contributed by atoms with van der Waals surface area (Å²) in [5, 5.41) is 13.0. The molecule has 17 heavy (non-hydrogen) atoms. The smallest absolute Gasteiger partial charge is 0.341 e. The van der Waals surface area contributed by atoms with Crippen molar-refractivity contribution in [3.63, 3.8) is 0 Å². The summed E-state index contributed by atoms with van der Waals surface area (Å²) >= 11 is 0. The first kappa shape index (κ1) is 11.6. The topological polar surface area (TPSA) is 63.8 Å². The maximum Gasteiger partial charge on any atom is 0.341 e. The standard InChI is InChI=1S/C12H14N2O3/c1-2-17-12(16)10-8-13-14-5-3-9(4-6-15)7-11(10)14/h3,5,7-8,15H,2,4,6H2,1H3. The van der Waals surface area contributed by atoms with Gasteiger partial charge in [0.25, 0.3) is 0 Å². The lowest BCUT2D eigenvalue weighted by molar-refractivity contribution is 0.0528. The van der Waals surface area contributed by atoms with Gasteiger partial charge in [-0.15, -0.1) is 0 Å². The molecule has 5 heteroatoms. The van der Waals surface area contributed by atoms with Gasteiger partial charge in [-0.25, -0.2) is 9.31 Å². The number of carbonyl (C=O) groups excluding carboxylic acids is 1. The maximum absolute atomic E-state index is 11.7. The molecule has 0 saturated carbocycles. The molecule has 0 aliphatic rings. The molecule has 0 amide bonds. The van der Waals surface area contributed by atoms with Crippen molar-refractivity contribution in [3.8, 4) is 0 Å². The van der Waals surface area contributed by atoms with Crippen LogP contribution in [0.2, 0.25) is 0 Å². The van der Waals surface area contributed by atoms with Crippen LogP contribution in [-0.4, -0.2) is 33.9 Å². The van der Waals surface area contributed by atoms with Gasteiger partial charge in [-0.1, -0.05) is 0 Å². The molecule has 2 heterocycles. The number of rotatable bonds is 4. The van der Waals surface area contributed by atoms with Crippen molar-refractivity contribution >= 4 is 11.5 Å². The van der Waals surface area contributed by atoms with Gasteiger partial charge in [0, 0.05) is 12.8 Å². The number of carbonyl (C=O) groups is 1. The van der Waals surface area contributed by atoms with E-state index in [9.17, 15) is 4.79 Å². The number of esters is 1. The van der Waals surface area contributed by atoms with Crippen molar-refractivity contribution in [2.75, 3.05) is 13.2 Å². The summed E-state index contributed by atoms with van der Waals surface area (Å²) in [6.07, 6.45) is 3.82. The van der Waals surface area contributed by atoms with Gasteiger partial charge in [-0.2, -0.15) is 5.10 Å². The molecular weight excluding hydrogens is 220 g/mol. The molecule has 0 unspecified atom stereocenters. The third-order valence-corrected chi connectivity index (χ3v) is 2.48. The summed E-state index contributed by atoms with van der Waals surface area (Å²) in [5.41, 5.74) is 2.12. The zero-order valence-corrected chi connectivity index (χ0v) is 9.59. The fraction of sp³-hybridized carbons (Fsp3) is 0.333. The Hall–Kier alpha value is -1.88. The third kappa shape index (κ3) is 2.29. The summed E-state index contributed by atoms with van der Waals surface area (Å²) in [4.78, 5) is 11.7. The van der Waals surface area contributed by atoms with Crippen LogP contribution in [0.5, 0.6) is 0 Å². The fourth-order valence-corrected chi connectivity index (χ4v) is 1.68. The summed E-state index contributed by atoms with van der Waals surface area (Å²) in [6.45, 7) is 2.19. The second-order valence-electron chi connectivity index (χ2n) is 3.62. The molecule has 2 rings (SSSR count). The Morgan fingerprint density at radius 2 is 2.41 bits per heavy atom. The van der Waals surface area contributed by atoms with Gasteiger partial charge in [0.2, 0.25) is 0 Å². The number of fused-ring (bicyclic) bond motifs is 1.